The maximum absolute atomic E-state index is 10.7. The molecule has 1 N–H and O–H groups in total. The van der Waals surface area contributed by atoms with Crippen molar-refractivity contribution in [3.05, 3.63) is 27.9 Å². The number of nitrogens with one attached hydrogen (secondary N) is 1. The molecule has 110 valence electrons. The number of hydrogen-bond donors (Lipinski definition) is 1. The van der Waals surface area contributed by atoms with Crippen molar-refractivity contribution in [3.8, 4) is 0 Å². The van der Waals surface area contributed by atoms with Gasteiger partial charge in [0.2, 0.25) is 0 Å². The summed E-state index contributed by atoms with van der Waals surface area (Å²) < 4.78 is 0. The van der Waals surface area contributed by atoms with Gasteiger partial charge in [-0.3, -0.25) is 10.1 Å². The van der Waals surface area contributed by atoms with Gasteiger partial charge in [-0.15, -0.1) is 0 Å². The molecule has 0 radical (unpaired) electrons. The Kier molecular flexibility index (Phi) is 4.93. The van der Waals surface area contributed by atoms with Gasteiger partial charge in [-0.25, -0.2) is 4.98 Å². The summed E-state index contributed by atoms with van der Waals surface area (Å²) in [4.78, 5) is 14.6. The Bertz CT molecular complexity index is 470. The van der Waals surface area contributed by atoms with E-state index in [1.54, 1.807) is 6.07 Å². The molecule has 5 nitrogen and oxygen atoms in total. The number of anilines is 1. The average molecular weight is 277 g/mol. The summed E-state index contributed by atoms with van der Waals surface area (Å²) in [5.41, 5.74) is 0.896. The van der Waals surface area contributed by atoms with Gasteiger partial charge in [0.1, 0.15) is 12.0 Å². The summed E-state index contributed by atoms with van der Waals surface area (Å²) in [5, 5.41) is 14.2. The first-order chi connectivity index (χ1) is 9.61. The van der Waals surface area contributed by atoms with Crippen molar-refractivity contribution in [3.63, 3.8) is 0 Å². The highest BCUT2D eigenvalue weighted by molar-refractivity contribution is 5.48. The number of aromatic nitrogens is 1. The maximum atomic E-state index is 10.7. The van der Waals surface area contributed by atoms with Gasteiger partial charge in [-0.1, -0.05) is 26.2 Å². The van der Waals surface area contributed by atoms with Crippen molar-refractivity contribution >= 4 is 11.5 Å². The van der Waals surface area contributed by atoms with Crippen LogP contribution in [0, 0.1) is 23.0 Å². The lowest BCUT2D eigenvalue weighted by atomic mass is 9.83. The first-order valence-corrected chi connectivity index (χ1v) is 7.49. The predicted molar refractivity (Wildman–Crippen MR) is 79.9 cm³/mol. The Morgan fingerprint density at radius 2 is 2.15 bits per heavy atom. The van der Waals surface area contributed by atoms with Crippen LogP contribution in [-0.4, -0.2) is 15.9 Å². The minimum atomic E-state index is -0.401. The zero-order valence-electron chi connectivity index (χ0n) is 12.3. The number of nitro groups is 1. The van der Waals surface area contributed by atoms with E-state index in [4.69, 9.17) is 0 Å². The van der Waals surface area contributed by atoms with Gasteiger partial charge in [-0.2, -0.15) is 0 Å². The lowest BCUT2D eigenvalue weighted by Crippen LogP contribution is -2.30. The minimum Gasteiger partial charge on any atom is -0.367 e. The van der Waals surface area contributed by atoms with Crippen molar-refractivity contribution in [1.82, 2.24) is 4.98 Å². The second-order valence-electron chi connectivity index (χ2n) is 5.67. The molecule has 0 spiro atoms. The average Bonchev–Trinajstić information content (AvgIpc) is 2.46. The molecule has 0 saturated heterocycles. The van der Waals surface area contributed by atoms with Gasteiger partial charge < -0.3 is 5.32 Å². The fourth-order valence-corrected chi connectivity index (χ4v) is 3.08. The second kappa shape index (κ2) is 6.68. The van der Waals surface area contributed by atoms with Gasteiger partial charge in [0.05, 0.1) is 4.92 Å². The van der Waals surface area contributed by atoms with Crippen LogP contribution in [0.2, 0.25) is 0 Å². The number of hydrogen-bond acceptors (Lipinski definition) is 4. The Hall–Kier alpha value is -1.65. The molecule has 1 unspecified atom stereocenters. The molecule has 1 heterocycles. The molecule has 1 saturated carbocycles. The van der Waals surface area contributed by atoms with Crippen LogP contribution in [0.3, 0.4) is 0 Å². The predicted octanol–water partition coefficient (Wildman–Crippen LogP) is 4.07. The summed E-state index contributed by atoms with van der Waals surface area (Å²) in [6, 6.07) is 2.01. The molecule has 1 atom stereocenters. The van der Waals surface area contributed by atoms with Gasteiger partial charge in [-0.05, 0) is 37.7 Å². The molecule has 1 aromatic rings. The van der Waals surface area contributed by atoms with E-state index in [0.717, 1.165) is 17.8 Å². The molecule has 0 aromatic carbocycles. The van der Waals surface area contributed by atoms with Gasteiger partial charge in [0, 0.05) is 12.1 Å². The SMILES string of the molecule is CCC(Nc1ncc([N+](=O)[O-])cc1C)C1CCCCC1. The van der Waals surface area contributed by atoms with E-state index in [1.165, 1.54) is 38.3 Å². The minimum absolute atomic E-state index is 0.0544. The molecule has 20 heavy (non-hydrogen) atoms. The van der Waals surface area contributed by atoms with Crippen molar-refractivity contribution in [1.29, 1.82) is 0 Å². The lowest BCUT2D eigenvalue weighted by Gasteiger charge is -2.31. The van der Waals surface area contributed by atoms with Crippen LogP contribution >= 0.6 is 0 Å². The molecular weight excluding hydrogens is 254 g/mol. The normalized spacial score (nSPS) is 17.7. The van der Waals surface area contributed by atoms with E-state index in [1.807, 2.05) is 6.92 Å². The lowest BCUT2D eigenvalue weighted by molar-refractivity contribution is -0.385. The third-order valence-electron chi connectivity index (χ3n) is 4.26. The number of aryl methyl sites for hydroxylation is 1. The highest BCUT2D eigenvalue weighted by atomic mass is 16.6. The largest absolute Gasteiger partial charge is 0.367 e. The van der Waals surface area contributed by atoms with E-state index < -0.39 is 4.92 Å². The molecule has 1 aliphatic rings. The Balaban J connectivity index is 2.08. The first-order valence-electron chi connectivity index (χ1n) is 7.49. The second-order valence-corrected chi connectivity index (χ2v) is 5.67. The van der Waals surface area contributed by atoms with E-state index >= 15 is 0 Å². The summed E-state index contributed by atoms with van der Waals surface area (Å²) in [7, 11) is 0. The monoisotopic (exact) mass is 277 g/mol. The molecule has 0 bridgehead atoms. The zero-order valence-corrected chi connectivity index (χ0v) is 12.3. The molecule has 1 aliphatic carbocycles. The van der Waals surface area contributed by atoms with Crippen molar-refractivity contribution in [2.24, 2.45) is 5.92 Å². The number of rotatable bonds is 5. The molecule has 0 aliphatic heterocycles. The number of nitrogens with zero attached hydrogens (tertiary/aromatic N) is 2. The van der Waals surface area contributed by atoms with Crippen LogP contribution in [0.4, 0.5) is 11.5 Å². The summed E-state index contributed by atoms with van der Waals surface area (Å²) in [6.45, 7) is 4.06. The zero-order chi connectivity index (χ0) is 14.5. The van der Waals surface area contributed by atoms with Crippen LogP contribution in [0.1, 0.15) is 51.0 Å². The highest BCUT2D eigenvalue weighted by Crippen LogP contribution is 2.30. The quantitative estimate of drug-likeness (QED) is 0.650. The Morgan fingerprint density at radius 3 is 2.70 bits per heavy atom. The molecule has 1 aromatic heterocycles. The Labute approximate surface area is 119 Å². The van der Waals surface area contributed by atoms with Gasteiger partial charge in [0.15, 0.2) is 0 Å². The van der Waals surface area contributed by atoms with Gasteiger partial charge >= 0.3 is 0 Å². The fraction of sp³-hybridized carbons (Fsp3) is 0.667. The van der Waals surface area contributed by atoms with E-state index in [2.05, 4.69) is 17.2 Å². The van der Waals surface area contributed by atoms with Gasteiger partial charge in [0.25, 0.3) is 5.69 Å². The van der Waals surface area contributed by atoms with Crippen molar-refractivity contribution in [2.45, 2.75) is 58.4 Å². The third kappa shape index (κ3) is 3.46. The summed E-state index contributed by atoms with van der Waals surface area (Å²) in [5.74, 6) is 1.48. The van der Waals surface area contributed by atoms with Crippen molar-refractivity contribution < 1.29 is 4.92 Å². The van der Waals surface area contributed by atoms with Crippen LogP contribution in [0.25, 0.3) is 0 Å². The third-order valence-corrected chi connectivity index (χ3v) is 4.26. The van der Waals surface area contributed by atoms with E-state index in [-0.39, 0.29) is 5.69 Å². The molecule has 1 fully saturated rings. The molecule has 0 amide bonds. The molecular formula is C15H23N3O2. The standard InChI is InChI=1S/C15H23N3O2/c1-3-14(12-7-5-4-6-8-12)17-15-11(2)9-13(10-16-15)18(19)20/h9-10,12,14H,3-8H2,1-2H3,(H,16,17). The van der Waals surface area contributed by atoms with Crippen LogP contribution in [-0.2, 0) is 0 Å². The highest BCUT2D eigenvalue weighted by Gasteiger charge is 2.23. The number of pyridine rings is 1. The van der Waals surface area contributed by atoms with E-state index in [9.17, 15) is 10.1 Å². The van der Waals surface area contributed by atoms with Crippen LogP contribution < -0.4 is 5.32 Å². The smallest absolute Gasteiger partial charge is 0.287 e. The fourth-order valence-electron chi connectivity index (χ4n) is 3.08. The summed E-state index contributed by atoms with van der Waals surface area (Å²) in [6.07, 6.45) is 8.92. The maximum Gasteiger partial charge on any atom is 0.287 e. The van der Waals surface area contributed by atoms with E-state index in [0.29, 0.717) is 12.0 Å². The molecule has 5 heteroatoms. The van der Waals surface area contributed by atoms with Crippen LogP contribution in [0.5, 0.6) is 0 Å². The van der Waals surface area contributed by atoms with Crippen molar-refractivity contribution in [2.75, 3.05) is 5.32 Å². The first kappa shape index (κ1) is 14.8. The van der Waals surface area contributed by atoms with Crippen LogP contribution in [0.15, 0.2) is 12.3 Å². The summed E-state index contributed by atoms with van der Waals surface area (Å²) >= 11 is 0. The topological polar surface area (TPSA) is 68.1 Å². The Morgan fingerprint density at radius 1 is 1.45 bits per heavy atom. The molecule has 2 rings (SSSR count).